The molecule has 68 heavy (non-hydrogen) atoms. The van der Waals surface area contributed by atoms with Crippen molar-refractivity contribution < 1.29 is 69.8 Å². The van der Waals surface area contributed by atoms with Gasteiger partial charge in [0.1, 0.15) is 30.1 Å². The summed E-state index contributed by atoms with van der Waals surface area (Å²) in [6, 6.07) is -1.23. The second kappa shape index (κ2) is 27.3. The molecule has 0 aromatic heterocycles. The molecule has 0 aromatic rings. The first-order valence-electron chi connectivity index (χ1n) is 27.2. The van der Waals surface area contributed by atoms with E-state index in [2.05, 4.69) is 6.58 Å². The lowest BCUT2D eigenvalue weighted by Gasteiger charge is -2.42. The number of aliphatic hydroxyl groups is 3. The number of ether oxygens (including phenoxy) is 6. The third kappa shape index (κ3) is 15.3. The Bertz CT molecular complexity index is 2010. The summed E-state index contributed by atoms with van der Waals surface area (Å²) in [6.45, 7) is 13.9. The van der Waals surface area contributed by atoms with Gasteiger partial charge in [-0.1, -0.05) is 77.7 Å². The fourth-order valence-corrected chi connectivity index (χ4v) is 10.4. The highest BCUT2D eigenvalue weighted by molar-refractivity contribution is 6.39. The van der Waals surface area contributed by atoms with Crippen molar-refractivity contribution in [2.24, 2.45) is 35.5 Å². The third-order valence-electron chi connectivity index (χ3n) is 14.8. The third-order valence-corrected chi connectivity index (χ3v) is 14.8. The highest BCUT2D eigenvalue weighted by Crippen LogP contribution is 2.38. The fraction of sp³-hybridized carbons (Fsp3) is 0.741. The minimum atomic E-state index is -2.79. The molecule has 1 amide bonds. The van der Waals surface area contributed by atoms with Gasteiger partial charge in [0.05, 0.1) is 44.4 Å². The van der Waals surface area contributed by atoms with Crippen LogP contribution in [-0.2, 0) is 47.6 Å². The second-order valence-corrected chi connectivity index (χ2v) is 20.0. The van der Waals surface area contributed by atoms with Crippen molar-refractivity contribution in [3.05, 3.63) is 59.8 Å². The van der Waals surface area contributed by atoms with Crippen molar-refractivity contribution in [2.75, 3.05) is 41.0 Å². The first-order valence-corrected chi connectivity index (χ1v) is 24.7. The average molecular weight is 961 g/mol. The summed E-state index contributed by atoms with van der Waals surface area (Å²) < 4.78 is 74.7. The summed E-state index contributed by atoms with van der Waals surface area (Å²) in [5, 5.41) is 33.2. The molecule has 0 aromatic carbocycles. The maximum absolute atomic E-state index is 14.5. The molecular weight excluding hydrogens is 871 g/mol. The predicted molar refractivity (Wildman–Crippen MR) is 260 cm³/mol. The summed E-state index contributed by atoms with van der Waals surface area (Å²) in [7, 11) is 0.211. The summed E-state index contributed by atoms with van der Waals surface area (Å²) >= 11 is 0. The van der Waals surface area contributed by atoms with E-state index < -0.39 is 110 Å². The molecule has 3 fully saturated rings. The second-order valence-electron chi connectivity index (χ2n) is 20.0. The van der Waals surface area contributed by atoms with Gasteiger partial charge in [0, 0.05) is 52.5 Å². The summed E-state index contributed by atoms with van der Waals surface area (Å²) in [5.41, 5.74) is 1.71. The quantitative estimate of drug-likeness (QED) is 0.120. The Kier molecular flexibility index (Phi) is 19.9. The first kappa shape index (κ1) is 49.6. The number of piperidine rings is 1. The van der Waals surface area contributed by atoms with Crippen LogP contribution in [0.4, 0.5) is 0 Å². The highest BCUT2D eigenvalue weighted by atomic mass is 16.6. The molecule has 0 unspecified atom stereocenters. The number of amides is 1. The Labute approximate surface area is 413 Å². The molecule has 3 heterocycles. The van der Waals surface area contributed by atoms with Crippen molar-refractivity contribution in [1.29, 1.82) is 0 Å². The van der Waals surface area contributed by atoms with Crippen molar-refractivity contribution in [3.63, 3.8) is 0 Å². The van der Waals surface area contributed by atoms with Gasteiger partial charge in [0.2, 0.25) is 5.79 Å². The van der Waals surface area contributed by atoms with Crippen LogP contribution in [0.25, 0.3) is 0 Å². The van der Waals surface area contributed by atoms with Crippen molar-refractivity contribution in [3.8, 4) is 0 Å². The van der Waals surface area contributed by atoms with Crippen LogP contribution in [0.15, 0.2) is 59.8 Å². The Morgan fingerprint density at radius 2 is 1.69 bits per heavy atom. The fourth-order valence-electron chi connectivity index (χ4n) is 10.4. The van der Waals surface area contributed by atoms with E-state index in [-0.39, 0.29) is 55.8 Å². The van der Waals surface area contributed by atoms with Gasteiger partial charge in [-0.05, 0) is 118 Å². The average Bonchev–Trinajstić information content (AvgIpc) is 3.33. The number of fused-ring (bicyclic) bond motifs is 3. The van der Waals surface area contributed by atoms with Crippen LogP contribution in [0.5, 0.6) is 0 Å². The Balaban J connectivity index is 1.73. The monoisotopic (exact) mass is 961 g/mol. The number of hydrogen-bond donors (Lipinski definition) is 3. The van der Waals surface area contributed by atoms with E-state index in [1.54, 1.807) is 52.0 Å². The minimum absolute atomic E-state index is 0.00646. The van der Waals surface area contributed by atoms with Crippen LogP contribution < -0.4 is 0 Å². The van der Waals surface area contributed by atoms with Gasteiger partial charge in [-0.3, -0.25) is 14.4 Å². The number of aliphatic hydroxyl groups excluding tert-OH is 2. The van der Waals surface area contributed by atoms with Crippen LogP contribution >= 0.6 is 0 Å². The molecule has 15 atom stereocenters. The molecule has 4 rings (SSSR count). The molecule has 1 saturated carbocycles. The lowest BCUT2D eigenvalue weighted by atomic mass is 9.78. The van der Waals surface area contributed by atoms with Gasteiger partial charge >= 0.3 is 5.97 Å². The maximum Gasteiger partial charge on any atom is 0.329 e. The van der Waals surface area contributed by atoms with Crippen molar-refractivity contribution in [1.82, 2.24) is 4.90 Å². The lowest BCUT2D eigenvalue weighted by molar-refractivity contribution is -0.265. The number of carbonyl (C=O) groups is 4. The molecule has 0 radical (unpaired) electrons. The van der Waals surface area contributed by atoms with E-state index in [1.807, 2.05) is 32.9 Å². The smallest absolute Gasteiger partial charge is 0.329 e. The van der Waals surface area contributed by atoms with E-state index in [0.29, 0.717) is 68.1 Å². The number of Topliss-reactive ketones (excluding diaryl/α,β-unsaturated/α-hetero) is 2. The number of nitrogens with zero attached hydrogens (tertiary/aromatic N) is 1. The number of methoxy groups -OCH3 is 3. The molecule has 3 N–H and O–H groups in total. The molecule has 2 bridgehead atoms. The zero-order valence-corrected chi connectivity index (χ0v) is 42.0. The highest BCUT2D eigenvalue weighted by Gasteiger charge is 2.53. The van der Waals surface area contributed by atoms with Gasteiger partial charge in [0.25, 0.3) is 11.7 Å². The van der Waals surface area contributed by atoms with Crippen LogP contribution in [0.1, 0.15) is 132 Å². The number of esters is 1. The molecule has 14 heteroatoms. The van der Waals surface area contributed by atoms with Crippen LogP contribution in [0, 0.1) is 35.5 Å². The van der Waals surface area contributed by atoms with Crippen LogP contribution in [0.2, 0.25) is 0 Å². The van der Waals surface area contributed by atoms with Gasteiger partial charge in [0.15, 0.2) is 0 Å². The summed E-state index contributed by atoms with van der Waals surface area (Å²) in [6.07, 6.45) is 8.99. The van der Waals surface area contributed by atoms with Gasteiger partial charge in [-0.15, -0.1) is 0 Å². The standard InChI is InChI=1S/C54H85NO13/c1-33-17-13-12-14-18-34(2)46(63-9)31-42-22-20-39(7)54(62,68-42)51(59)52(60)55-24-16-15-19-43(55)53(61)67-47(37(5)29-41-21-23-45(66-26-25-56)48(30-41)64-10)32-44(57)36(4)28-38(6)49(58)50(65-11)40(8)35(3)27-33/h12-14,17-18,28,33,35-37,39,41-43,45-50,56,58,62H,8,15-16,19-27,29-32H2,1-7,9-11H3/b14-12?,17-13+,34-18?,38-28+/t33-,35-,36-,37-,39-,41+,42+,43+,45-,46+,47+,48-,49-,50+,54-/m1/s1/i9D3,26D2. The maximum atomic E-state index is 14.5. The van der Waals surface area contributed by atoms with Crippen LogP contribution in [-0.4, -0.2) is 139 Å². The van der Waals surface area contributed by atoms with Gasteiger partial charge in [-0.2, -0.15) is 0 Å². The first-order chi connectivity index (χ1) is 34.1. The lowest BCUT2D eigenvalue weighted by Crippen LogP contribution is -2.61. The minimum Gasteiger partial charge on any atom is -0.460 e. The van der Waals surface area contributed by atoms with Gasteiger partial charge < -0.3 is 48.6 Å². The van der Waals surface area contributed by atoms with E-state index in [1.165, 1.54) is 14.2 Å². The van der Waals surface area contributed by atoms with E-state index in [0.717, 1.165) is 4.90 Å². The molecule has 1 aliphatic carbocycles. The number of ketones is 2. The molecule has 2 saturated heterocycles. The zero-order valence-electron chi connectivity index (χ0n) is 47.0. The van der Waals surface area contributed by atoms with E-state index >= 15 is 0 Å². The Morgan fingerprint density at radius 3 is 2.38 bits per heavy atom. The van der Waals surface area contributed by atoms with Gasteiger partial charge in [-0.25, -0.2) is 4.79 Å². The number of hydrogen-bond acceptors (Lipinski definition) is 13. The summed E-state index contributed by atoms with van der Waals surface area (Å²) in [4.78, 5) is 58.7. The van der Waals surface area contributed by atoms with Crippen LogP contribution in [0.3, 0.4) is 0 Å². The number of rotatable bonds is 9. The van der Waals surface area contributed by atoms with Crippen molar-refractivity contribution >= 4 is 23.4 Å². The normalized spacial score (nSPS) is 39.4. The SMILES string of the molecule is [2H]C([2H])([2H])O[C@H]1C[C@@H]2CC[C@@H](C)[C@@](O)(O2)C(=O)C(=O)N2CCCC[C@H]2C(=O)O[C@H]([C@H](C)C[C@@H]2CC[C@@H](OC([2H])([2H])CO)[C@H](OC)C2)CC(=O)[C@H](C)/C=C(\C)[C@@H](O)[C@@H](OC)C(=C)[C@H](C)C[C@H](C)/C=C/C=CC=C1C. The largest absolute Gasteiger partial charge is 0.460 e. The number of cyclic esters (lactones) is 1. The molecule has 4 aliphatic rings. The molecule has 14 nitrogen and oxygen atoms in total. The zero-order chi connectivity index (χ0) is 54.6. The van der Waals surface area contributed by atoms with E-state index in [4.69, 9.17) is 35.3 Å². The molecule has 0 spiro atoms. The molecule has 384 valence electrons. The molecular formula is C54H85NO13. The Morgan fingerprint density at radius 1 is 0.941 bits per heavy atom. The Hall–Kier alpha value is -3.34. The van der Waals surface area contributed by atoms with Crippen molar-refractivity contribution in [2.45, 2.75) is 180 Å². The topological polar surface area (TPSA) is 188 Å². The number of carbonyl (C=O) groups excluding carboxylic acids is 4. The molecule has 3 aliphatic heterocycles. The summed E-state index contributed by atoms with van der Waals surface area (Å²) in [5.74, 6) is -8.12. The predicted octanol–water partition coefficient (Wildman–Crippen LogP) is 7.18. The number of allylic oxidation sites excluding steroid dienone is 6. The van der Waals surface area contributed by atoms with E-state index in [9.17, 15) is 34.5 Å².